The Labute approximate surface area is 106 Å². The lowest BCUT2D eigenvalue weighted by molar-refractivity contribution is -0.0682. The van der Waals surface area contributed by atoms with Gasteiger partial charge in [-0.2, -0.15) is 0 Å². The number of likely N-dealkylation sites (tertiary alicyclic amines) is 1. The summed E-state index contributed by atoms with van der Waals surface area (Å²) in [7, 11) is 0. The van der Waals surface area contributed by atoms with E-state index in [2.05, 4.69) is 25.7 Å². The Hall–Kier alpha value is -0.120. The quantitative estimate of drug-likeness (QED) is 0.747. The Morgan fingerprint density at radius 1 is 1.29 bits per heavy atom. The zero-order chi connectivity index (χ0) is 12.9. The first-order valence-electron chi connectivity index (χ1n) is 7.16. The molecule has 0 aromatic carbocycles. The van der Waals surface area contributed by atoms with Gasteiger partial charge in [0.15, 0.2) is 0 Å². The number of hydrogen-bond donors (Lipinski definition) is 2. The second-order valence-corrected chi connectivity index (χ2v) is 6.02. The van der Waals surface area contributed by atoms with E-state index in [0.717, 1.165) is 45.3 Å². The van der Waals surface area contributed by atoms with Gasteiger partial charge in [-0.1, -0.05) is 27.2 Å². The number of piperidine rings is 1. The lowest BCUT2D eigenvalue weighted by Crippen LogP contribution is -2.51. The molecule has 0 radical (unpaired) electrons. The van der Waals surface area contributed by atoms with Crippen LogP contribution in [0.3, 0.4) is 0 Å². The minimum atomic E-state index is -0.502. The number of rotatable bonds is 6. The lowest BCUT2D eigenvalue weighted by Gasteiger charge is -2.43. The van der Waals surface area contributed by atoms with Crippen molar-refractivity contribution in [2.75, 3.05) is 26.2 Å². The van der Waals surface area contributed by atoms with Gasteiger partial charge >= 0.3 is 0 Å². The molecule has 1 rings (SSSR count). The fourth-order valence-corrected chi connectivity index (χ4v) is 3.00. The van der Waals surface area contributed by atoms with Crippen molar-refractivity contribution in [1.29, 1.82) is 0 Å². The smallest absolute Gasteiger partial charge is 0.0712 e. The Kier molecular flexibility index (Phi) is 5.90. The van der Waals surface area contributed by atoms with E-state index in [1.54, 1.807) is 0 Å². The zero-order valence-electron chi connectivity index (χ0n) is 11.8. The summed E-state index contributed by atoms with van der Waals surface area (Å²) in [6.07, 6.45) is 3.94. The van der Waals surface area contributed by atoms with E-state index in [-0.39, 0.29) is 5.92 Å². The highest BCUT2D eigenvalue weighted by molar-refractivity contribution is 4.92. The van der Waals surface area contributed by atoms with E-state index in [9.17, 15) is 5.11 Å². The standard InChI is InChI=1S/C14H30N2O/c1-4-5-13(10-15)14(17)6-8-16(9-7-14)11-12(2)3/h12-13,17H,4-11,15H2,1-3H3. The summed E-state index contributed by atoms with van der Waals surface area (Å²) >= 11 is 0. The summed E-state index contributed by atoms with van der Waals surface area (Å²) in [5.41, 5.74) is 5.31. The predicted molar refractivity (Wildman–Crippen MR) is 72.9 cm³/mol. The lowest BCUT2D eigenvalue weighted by atomic mass is 9.77. The molecule has 3 heteroatoms. The Bertz CT molecular complexity index is 210. The summed E-state index contributed by atoms with van der Waals surface area (Å²) in [6, 6.07) is 0. The summed E-state index contributed by atoms with van der Waals surface area (Å²) < 4.78 is 0. The van der Waals surface area contributed by atoms with Crippen molar-refractivity contribution < 1.29 is 5.11 Å². The van der Waals surface area contributed by atoms with Crippen LogP contribution in [-0.4, -0.2) is 41.8 Å². The third-order valence-electron chi connectivity index (χ3n) is 4.03. The van der Waals surface area contributed by atoms with Gasteiger partial charge in [-0.05, 0) is 37.6 Å². The molecule has 0 aliphatic carbocycles. The van der Waals surface area contributed by atoms with Gasteiger partial charge < -0.3 is 15.7 Å². The highest BCUT2D eigenvalue weighted by Gasteiger charge is 2.38. The molecule has 102 valence electrons. The first-order valence-corrected chi connectivity index (χ1v) is 7.16. The summed E-state index contributed by atoms with van der Waals surface area (Å²) in [5.74, 6) is 0.996. The number of nitrogens with zero attached hydrogens (tertiary/aromatic N) is 1. The van der Waals surface area contributed by atoms with Gasteiger partial charge in [0, 0.05) is 19.6 Å². The van der Waals surface area contributed by atoms with E-state index < -0.39 is 5.60 Å². The van der Waals surface area contributed by atoms with Gasteiger partial charge in [0.05, 0.1) is 5.60 Å². The maximum Gasteiger partial charge on any atom is 0.0712 e. The Morgan fingerprint density at radius 3 is 2.29 bits per heavy atom. The minimum absolute atomic E-state index is 0.286. The molecule has 3 N–H and O–H groups in total. The highest BCUT2D eigenvalue weighted by Crippen LogP contribution is 2.32. The van der Waals surface area contributed by atoms with Crippen molar-refractivity contribution in [3.8, 4) is 0 Å². The van der Waals surface area contributed by atoms with Gasteiger partial charge in [-0.3, -0.25) is 0 Å². The summed E-state index contributed by atoms with van der Waals surface area (Å²) in [6.45, 7) is 10.5. The Balaban J connectivity index is 2.47. The van der Waals surface area contributed by atoms with Gasteiger partial charge in [-0.25, -0.2) is 0 Å². The molecule has 3 nitrogen and oxygen atoms in total. The molecule has 0 bridgehead atoms. The van der Waals surface area contributed by atoms with Gasteiger partial charge in [-0.15, -0.1) is 0 Å². The van der Waals surface area contributed by atoms with E-state index in [1.807, 2.05) is 0 Å². The second-order valence-electron chi connectivity index (χ2n) is 6.02. The molecule has 1 saturated heterocycles. The van der Waals surface area contributed by atoms with Crippen LogP contribution in [0.1, 0.15) is 46.5 Å². The monoisotopic (exact) mass is 242 g/mol. The fraction of sp³-hybridized carbons (Fsp3) is 1.00. The van der Waals surface area contributed by atoms with E-state index >= 15 is 0 Å². The molecule has 0 saturated carbocycles. The SMILES string of the molecule is CCCC(CN)C1(O)CCN(CC(C)C)CC1. The van der Waals surface area contributed by atoms with Crippen LogP contribution < -0.4 is 5.73 Å². The van der Waals surface area contributed by atoms with Gasteiger partial charge in [0.2, 0.25) is 0 Å². The van der Waals surface area contributed by atoms with E-state index in [1.165, 1.54) is 0 Å². The maximum atomic E-state index is 10.7. The Morgan fingerprint density at radius 2 is 1.88 bits per heavy atom. The number of aliphatic hydroxyl groups is 1. The first kappa shape index (κ1) is 14.9. The normalized spacial score (nSPS) is 22.9. The van der Waals surface area contributed by atoms with E-state index in [0.29, 0.717) is 12.5 Å². The topological polar surface area (TPSA) is 49.5 Å². The molecule has 1 unspecified atom stereocenters. The molecule has 1 aliphatic rings. The van der Waals surface area contributed by atoms with Crippen LogP contribution >= 0.6 is 0 Å². The predicted octanol–water partition coefficient (Wildman–Crippen LogP) is 1.84. The molecule has 1 aliphatic heterocycles. The molecule has 17 heavy (non-hydrogen) atoms. The number of hydrogen-bond acceptors (Lipinski definition) is 3. The van der Waals surface area contributed by atoms with Crippen molar-refractivity contribution in [2.24, 2.45) is 17.6 Å². The van der Waals surface area contributed by atoms with Crippen LogP contribution in [0.25, 0.3) is 0 Å². The van der Waals surface area contributed by atoms with Crippen molar-refractivity contribution in [3.05, 3.63) is 0 Å². The second kappa shape index (κ2) is 6.72. The maximum absolute atomic E-state index is 10.7. The van der Waals surface area contributed by atoms with Crippen LogP contribution in [-0.2, 0) is 0 Å². The fourth-order valence-electron chi connectivity index (χ4n) is 3.00. The molecule has 0 amide bonds. The molecule has 0 aromatic heterocycles. The largest absolute Gasteiger partial charge is 0.389 e. The molecular weight excluding hydrogens is 212 g/mol. The zero-order valence-corrected chi connectivity index (χ0v) is 11.8. The van der Waals surface area contributed by atoms with Crippen LogP contribution in [0.2, 0.25) is 0 Å². The van der Waals surface area contributed by atoms with E-state index in [4.69, 9.17) is 5.73 Å². The van der Waals surface area contributed by atoms with Crippen molar-refractivity contribution in [2.45, 2.75) is 52.1 Å². The van der Waals surface area contributed by atoms with Crippen molar-refractivity contribution >= 4 is 0 Å². The summed E-state index contributed by atoms with van der Waals surface area (Å²) in [4.78, 5) is 2.47. The molecule has 0 aromatic rings. The van der Waals surface area contributed by atoms with Crippen molar-refractivity contribution in [3.63, 3.8) is 0 Å². The van der Waals surface area contributed by atoms with Crippen molar-refractivity contribution in [1.82, 2.24) is 4.90 Å². The number of nitrogens with two attached hydrogens (primary N) is 1. The van der Waals surface area contributed by atoms with Crippen LogP contribution in [0.4, 0.5) is 0 Å². The molecule has 1 heterocycles. The molecular formula is C14H30N2O. The molecule has 1 atom stereocenters. The molecule has 0 spiro atoms. The van der Waals surface area contributed by atoms with Crippen LogP contribution in [0.15, 0.2) is 0 Å². The summed E-state index contributed by atoms with van der Waals surface area (Å²) in [5, 5.41) is 10.7. The average Bonchev–Trinajstić information content (AvgIpc) is 2.28. The molecule has 1 fully saturated rings. The van der Waals surface area contributed by atoms with Crippen LogP contribution in [0.5, 0.6) is 0 Å². The third kappa shape index (κ3) is 4.23. The van der Waals surface area contributed by atoms with Gasteiger partial charge in [0.1, 0.15) is 0 Å². The van der Waals surface area contributed by atoms with Crippen LogP contribution in [0, 0.1) is 11.8 Å². The minimum Gasteiger partial charge on any atom is -0.389 e. The van der Waals surface area contributed by atoms with Gasteiger partial charge in [0.25, 0.3) is 0 Å². The third-order valence-corrected chi connectivity index (χ3v) is 4.03. The first-order chi connectivity index (χ1) is 8.01. The highest BCUT2D eigenvalue weighted by atomic mass is 16.3. The average molecular weight is 242 g/mol.